The van der Waals surface area contributed by atoms with E-state index in [1.54, 1.807) is 6.07 Å². The van der Waals surface area contributed by atoms with Gasteiger partial charge in [-0.2, -0.15) is 9.97 Å². The third-order valence-electron chi connectivity index (χ3n) is 8.29. The molecule has 0 bridgehead atoms. The number of aliphatic carboxylic acids is 1. The highest BCUT2D eigenvalue weighted by Crippen LogP contribution is 2.27. The van der Waals surface area contributed by atoms with E-state index in [-0.39, 0.29) is 6.54 Å². The van der Waals surface area contributed by atoms with Crippen molar-refractivity contribution in [1.29, 1.82) is 0 Å². The summed E-state index contributed by atoms with van der Waals surface area (Å²) in [5, 5.41) is 19.9. The zero-order valence-corrected chi connectivity index (χ0v) is 22.5. The lowest BCUT2D eigenvalue weighted by Gasteiger charge is -2.34. The van der Waals surface area contributed by atoms with Gasteiger partial charge in [-0.15, -0.1) is 0 Å². The van der Waals surface area contributed by atoms with Gasteiger partial charge in [0, 0.05) is 50.9 Å². The van der Waals surface area contributed by atoms with Crippen molar-refractivity contribution in [3.63, 3.8) is 0 Å². The topological polar surface area (TPSA) is 132 Å². The van der Waals surface area contributed by atoms with Crippen molar-refractivity contribution >= 4 is 23.6 Å². The molecule has 1 aliphatic heterocycles. The molecule has 10 nitrogen and oxygen atoms in total. The van der Waals surface area contributed by atoms with Gasteiger partial charge in [0.05, 0.1) is 6.54 Å². The smallest absolute Gasteiger partial charge is 0.317 e. The van der Waals surface area contributed by atoms with Crippen LogP contribution in [0.5, 0.6) is 0 Å². The summed E-state index contributed by atoms with van der Waals surface area (Å²) in [6.45, 7) is 6.08. The maximum atomic E-state index is 10.9. The van der Waals surface area contributed by atoms with Gasteiger partial charge in [-0.1, -0.05) is 19.3 Å². The molecule has 3 aliphatic rings. The van der Waals surface area contributed by atoms with Crippen LogP contribution >= 0.6 is 0 Å². The van der Waals surface area contributed by atoms with Crippen LogP contribution in [-0.2, 0) is 4.79 Å². The number of hydrogen-bond acceptors (Lipinski definition) is 9. The van der Waals surface area contributed by atoms with Gasteiger partial charge in [-0.05, 0) is 70.4 Å². The summed E-state index contributed by atoms with van der Waals surface area (Å²) in [5.74, 6) is 1.82. The Bertz CT molecular complexity index is 819. The number of nitrogens with one attached hydrogen (secondary N) is 3. The first-order valence-electron chi connectivity index (χ1n) is 14.6. The normalized spacial score (nSPS) is 23.7. The molecule has 1 aromatic rings. The molecule has 208 valence electrons. The average molecular weight is 517 g/mol. The van der Waals surface area contributed by atoms with Crippen molar-refractivity contribution in [2.24, 2.45) is 5.92 Å². The second-order valence-electron chi connectivity index (χ2n) is 11.2. The number of hydrogen-bond donors (Lipinski definition) is 5. The third kappa shape index (κ3) is 9.57. The molecule has 1 saturated heterocycles. The summed E-state index contributed by atoms with van der Waals surface area (Å²) in [5.41, 5.74) is 6.07. The highest BCUT2D eigenvalue weighted by Gasteiger charge is 2.22. The Kier molecular flexibility index (Phi) is 11.1. The van der Waals surface area contributed by atoms with Gasteiger partial charge < -0.3 is 31.7 Å². The van der Waals surface area contributed by atoms with Crippen molar-refractivity contribution in [2.45, 2.75) is 82.7 Å². The van der Waals surface area contributed by atoms with Gasteiger partial charge in [0.2, 0.25) is 5.95 Å². The van der Waals surface area contributed by atoms with Crippen molar-refractivity contribution in [3.8, 4) is 0 Å². The second kappa shape index (κ2) is 14.7. The number of carboxylic acids is 1. The van der Waals surface area contributed by atoms with Gasteiger partial charge in [0.25, 0.3) is 0 Å². The molecule has 0 atom stereocenters. The van der Waals surface area contributed by atoms with E-state index in [9.17, 15) is 4.79 Å². The van der Waals surface area contributed by atoms with Crippen molar-refractivity contribution in [1.82, 2.24) is 25.5 Å². The predicted octanol–water partition coefficient (Wildman–Crippen LogP) is 2.53. The van der Waals surface area contributed by atoms with Crippen LogP contribution in [0.4, 0.5) is 17.6 Å². The van der Waals surface area contributed by atoms with Crippen LogP contribution in [0.25, 0.3) is 0 Å². The molecule has 2 saturated carbocycles. The van der Waals surface area contributed by atoms with Crippen LogP contribution in [0.15, 0.2) is 6.07 Å². The Morgan fingerprint density at radius 2 is 1.59 bits per heavy atom. The summed E-state index contributed by atoms with van der Waals surface area (Å²) in [6, 6.07) is 3.25. The van der Waals surface area contributed by atoms with Crippen molar-refractivity contribution in [3.05, 3.63) is 6.07 Å². The number of carboxylic acid groups (broad SMARTS) is 1. The Balaban J connectivity index is 1.08. The quantitative estimate of drug-likeness (QED) is 0.249. The molecule has 0 unspecified atom stereocenters. The van der Waals surface area contributed by atoms with Gasteiger partial charge in [0.1, 0.15) is 11.6 Å². The van der Waals surface area contributed by atoms with Crippen LogP contribution in [0.3, 0.4) is 0 Å². The third-order valence-corrected chi connectivity index (χ3v) is 8.29. The Morgan fingerprint density at radius 3 is 2.27 bits per heavy atom. The van der Waals surface area contributed by atoms with E-state index in [4.69, 9.17) is 15.8 Å². The highest BCUT2D eigenvalue weighted by molar-refractivity contribution is 5.69. The lowest BCUT2D eigenvalue weighted by atomic mass is 9.84. The number of nitrogen functional groups attached to an aromatic ring is 1. The molecule has 2 heterocycles. The summed E-state index contributed by atoms with van der Waals surface area (Å²) < 4.78 is 0. The van der Waals surface area contributed by atoms with Crippen molar-refractivity contribution < 1.29 is 9.90 Å². The molecule has 2 aliphatic carbocycles. The summed E-state index contributed by atoms with van der Waals surface area (Å²) in [7, 11) is 0. The minimum Gasteiger partial charge on any atom is -0.480 e. The molecule has 0 radical (unpaired) electrons. The number of nitrogens with two attached hydrogens (primary N) is 1. The van der Waals surface area contributed by atoms with Crippen LogP contribution in [0, 0.1) is 5.92 Å². The Hall–Kier alpha value is -2.17. The predicted molar refractivity (Wildman–Crippen MR) is 149 cm³/mol. The molecule has 0 spiro atoms. The fourth-order valence-electron chi connectivity index (χ4n) is 6.07. The van der Waals surface area contributed by atoms with E-state index in [0.717, 1.165) is 56.9 Å². The second-order valence-corrected chi connectivity index (χ2v) is 11.2. The largest absolute Gasteiger partial charge is 0.480 e. The molecular formula is C27H48N8O2. The minimum atomic E-state index is -0.784. The fraction of sp³-hybridized carbons (Fsp3) is 0.815. The van der Waals surface area contributed by atoms with Crippen LogP contribution in [0.2, 0.25) is 0 Å². The molecule has 10 heteroatoms. The molecule has 0 amide bonds. The number of anilines is 3. The first kappa shape index (κ1) is 27.9. The summed E-state index contributed by atoms with van der Waals surface area (Å²) >= 11 is 0. The minimum absolute atomic E-state index is 0.0857. The SMILES string of the molecule is Nc1cc(N2CCN(CC(=O)O)CC2)nc(NCCC2CCC(NCCCNC3CCCCC3)CC2)n1. The molecule has 4 rings (SSSR count). The monoisotopic (exact) mass is 516 g/mol. The first-order chi connectivity index (χ1) is 18.0. The van der Waals surface area contributed by atoms with E-state index in [1.165, 1.54) is 64.2 Å². The number of nitrogens with zero attached hydrogens (tertiary/aromatic N) is 4. The standard InChI is InChI=1S/C27H48N8O2/c28-24-19-25(35-17-15-34(16-18-35)20-26(36)37)33-27(32-24)31-14-11-21-7-9-23(10-8-21)30-13-4-12-29-22-5-2-1-3-6-22/h19,21-23,29-30H,1-18,20H2,(H,36,37)(H3,28,31,32,33). The summed E-state index contributed by atoms with van der Waals surface area (Å²) in [6.07, 6.45) is 14.4. The van der Waals surface area contributed by atoms with Gasteiger partial charge in [-0.25, -0.2) is 0 Å². The lowest BCUT2D eigenvalue weighted by Crippen LogP contribution is -2.48. The van der Waals surface area contributed by atoms with Gasteiger partial charge in [0.15, 0.2) is 0 Å². The van der Waals surface area contributed by atoms with Gasteiger partial charge >= 0.3 is 5.97 Å². The Morgan fingerprint density at radius 1 is 0.919 bits per heavy atom. The average Bonchev–Trinajstić information content (AvgIpc) is 2.90. The van der Waals surface area contributed by atoms with Crippen molar-refractivity contribution in [2.75, 3.05) is 68.3 Å². The maximum Gasteiger partial charge on any atom is 0.317 e. The first-order valence-corrected chi connectivity index (χ1v) is 14.6. The molecule has 1 aromatic heterocycles. The van der Waals surface area contributed by atoms with Crippen LogP contribution in [0.1, 0.15) is 70.6 Å². The zero-order chi connectivity index (χ0) is 25.9. The number of piperazine rings is 1. The zero-order valence-electron chi connectivity index (χ0n) is 22.5. The van der Waals surface area contributed by atoms with E-state index in [0.29, 0.717) is 30.9 Å². The fourth-order valence-corrected chi connectivity index (χ4v) is 6.07. The number of rotatable bonds is 13. The van der Waals surface area contributed by atoms with Crippen LogP contribution < -0.4 is 26.6 Å². The number of carbonyl (C=O) groups is 1. The van der Waals surface area contributed by atoms with Crippen LogP contribution in [-0.4, -0.2) is 90.4 Å². The molecule has 3 fully saturated rings. The number of aromatic nitrogens is 2. The lowest BCUT2D eigenvalue weighted by molar-refractivity contribution is -0.138. The molecule has 37 heavy (non-hydrogen) atoms. The highest BCUT2D eigenvalue weighted by atomic mass is 16.4. The molecular weight excluding hydrogens is 468 g/mol. The van der Waals surface area contributed by atoms with E-state index >= 15 is 0 Å². The molecule has 0 aromatic carbocycles. The maximum absolute atomic E-state index is 10.9. The Labute approximate surface area is 222 Å². The van der Waals surface area contributed by atoms with E-state index in [1.807, 2.05) is 4.90 Å². The van der Waals surface area contributed by atoms with E-state index < -0.39 is 5.97 Å². The van der Waals surface area contributed by atoms with Gasteiger partial charge in [-0.3, -0.25) is 9.69 Å². The summed E-state index contributed by atoms with van der Waals surface area (Å²) in [4.78, 5) is 24.1. The van der Waals surface area contributed by atoms with E-state index in [2.05, 4.69) is 25.8 Å². The molecule has 6 N–H and O–H groups in total.